The minimum absolute atomic E-state index is 0.337. The van der Waals surface area contributed by atoms with E-state index in [-0.39, 0.29) is 5.97 Å². The van der Waals surface area contributed by atoms with Crippen molar-refractivity contribution in [2.75, 3.05) is 13.7 Å². The Morgan fingerprint density at radius 1 is 1.53 bits per heavy atom. The van der Waals surface area contributed by atoms with Crippen LogP contribution in [-0.4, -0.2) is 24.6 Å². The number of ether oxygens (including phenoxy) is 1. The maximum absolute atomic E-state index is 11.5. The molecule has 1 aromatic carbocycles. The maximum atomic E-state index is 11.5. The third-order valence-corrected chi connectivity index (χ3v) is 2.56. The van der Waals surface area contributed by atoms with Gasteiger partial charge < -0.3 is 15.5 Å². The largest absolute Gasteiger partial charge is 0.465 e. The van der Waals surface area contributed by atoms with Gasteiger partial charge in [-0.2, -0.15) is 0 Å². The molecule has 0 spiro atoms. The van der Waals surface area contributed by atoms with Gasteiger partial charge in [0, 0.05) is 23.6 Å². The van der Waals surface area contributed by atoms with Gasteiger partial charge in [0.15, 0.2) is 0 Å². The lowest BCUT2D eigenvalue weighted by Gasteiger charge is -1.98. The van der Waals surface area contributed by atoms with Crippen molar-refractivity contribution in [3.8, 4) is 0 Å². The van der Waals surface area contributed by atoms with E-state index in [1.807, 2.05) is 30.4 Å². The molecule has 88 valence electrons. The van der Waals surface area contributed by atoms with Crippen LogP contribution in [0, 0.1) is 0 Å². The number of carbonyl (C=O) groups is 1. The summed E-state index contributed by atoms with van der Waals surface area (Å²) in [4.78, 5) is 14.6. The van der Waals surface area contributed by atoms with Gasteiger partial charge in [0.25, 0.3) is 0 Å². The Labute approximate surface area is 99.1 Å². The molecular weight excluding hydrogens is 216 g/mol. The van der Waals surface area contributed by atoms with Crippen molar-refractivity contribution < 1.29 is 9.53 Å². The molecular formula is C13H14N2O2. The van der Waals surface area contributed by atoms with Gasteiger partial charge in [-0.05, 0) is 17.7 Å². The lowest BCUT2D eigenvalue weighted by molar-refractivity contribution is 0.0603. The van der Waals surface area contributed by atoms with Crippen molar-refractivity contribution in [3.05, 3.63) is 41.6 Å². The number of H-pyrrole nitrogens is 1. The molecule has 2 rings (SSSR count). The summed E-state index contributed by atoms with van der Waals surface area (Å²) in [5.74, 6) is -0.337. The molecule has 17 heavy (non-hydrogen) atoms. The maximum Gasteiger partial charge on any atom is 0.340 e. The Bertz CT molecular complexity index is 570. The number of hydrogen-bond donors (Lipinski definition) is 2. The van der Waals surface area contributed by atoms with E-state index >= 15 is 0 Å². The molecule has 1 aromatic heterocycles. The first-order chi connectivity index (χ1) is 8.26. The quantitative estimate of drug-likeness (QED) is 0.791. The highest BCUT2D eigenvalue weighted by Gasteiger charge is 2.11. The Kier molecular flexibility index (Phi) is 3.25. The molecule has 0 radical (unpaired) electrons. The number of nitrogens with one attached hydrogen (secondary N) is 1. The lowest BCUT2D eigenvalue weighted by atomic mass is 10.1. The number of nitrogens with two attached hydrogens (primary N) is 1. The average Bonchev–Trinajstić information content (AvgIpc) is 2.78. The van der Waals surface area contributed by atoms with Gasteiger partial charge in [-0.25, -0.2) is 4.79 Å². The van der Waals surface area contributed by atoms with Gasteiger partial charge >= 0.3 is 5.97 Å². The van der Waals surface area contributed by atoms with Gasteiger partial charge in [-0.3, -0.25) is 0 Å². The summed E-state index contributed by atoms with van der Waals surface area (Å²) in [5, 5.41) is 0.857. The van der Waals surface area contributed by atoms with Crippen LogP contribution in [0.5, 0.6) is 0 Å². The molecule has 4 heteroatoms. The normalized spacial score (nSPS) is 11.2. The highest BCUT2D eigenvalue weighted by Crippen LogP contribution is 2.21. The van der Waals surface area contributed by atoms with Crippen LogP contribution in [-0.2, 0) is 4.74 Å². The van der Waals surface area contributed by atoms with Crippen molar-refractivity contribution in [2.24, 2.45) is 5.73 Å². The summed E-state index contributed by atoms with van der Waals surface area (Å²) >= 11 is 0. The van der Waals surface area contributed by atoms with Gasteiger partial charge in [0.1, 0.15) is 0 Å². The lowest BCUT2D eigenvalue weighted by Crippen LogP contribution is -1.99. The zero-order valence-electron chi connectivity index (χ0n) is 9.57. The summed E-state index contributed by atoms with van der Waals surface area (Å²) in [6.45, 7) is 0.495. The van der Waals surface area contributed by atoms with Crippen LogP contribution >= 0.6 is 0 Å². The summed E-state index contributed by atoms with van der Waals surface area (Å²) in [7, 11) is 1.37. The Balaban J connectivity index is 2.50. The zero-order valence-corrected chi connectivity index (χ0v) is 9.57. The van der Waals surface area contributed by atoms with E-state index in [1.54, 1.807) is 6.20 Å². The molecule has 0 unspecified atom stereocenters. The summed E-state index contributed by atoms with van der Waals surface area (Å²) in [6, 6.07) is 5.83. The van der Waals surface area contributed by atoms with Gasteiger partial charge in [-0.1, -0.05) is 18.2 Å². The third kappa shape index (κ3) is 2.21. The molecule has 0 saturated heterocycles. The highest BCUT2D eigenvalue weighted by atomic mass is 16.5. The highest BCUT2D eigenvalue weighted by molar-refractivity contribution is 6.04. The molecule has 0 atom stereocenters. The molecule has 0 aliphatic heterocycles. The number of methoxy groups -OCH3 is 1. The van der Waals surface area contributed by atoms with Crippen LogP contribution in [0.1, 0.15) is 15.9 Å². The molecule has 2 aromatic rings. The Hall–Kier alpha value is -2.07. The third-order valence-electron chi connectivity index (χ3n) is 2.56. The van der Waals surface area contributed by atoms with Crippen molar-refractivity contribution in [1.29, 1.82) is 0 Å². The summed E-state index contributed by atoms with van der Waals surface area (Å²) < 4.78 is 4.73. The van der Waals surface area contributed by atoms with Crippen LogP contribution < -0.4 is 5.73 Å². The van der Waals surface area contributed by atoms with Crippen molar-refractivity contribution in [2.45, 2.75) is 0 Å². The molecule has 0 aliphatic carbocycles. The molecule has 0 bridgehead atoms. The van der Waals surface area contributed by atoms with Crippen molar-refractivity contribution >= 4 is 22.9 Å². The van der Waals surface area contributed by atoms with Gasteiger partial charge in [0.2, 0.25) is 0 Å². The van der Waals surface area contributed by atoms with Crippen LogP contribution in [0.25, 0.3) is 17.0 Å². The van der Waals surface area contributed by atoms with Crippen LogP contribution in [0.3, 0.4) is 0 Å². The van der Waals surface area contributed by atoms with Crippen molar-refractivity contribution in [3.63, 3.8) is 0 Å². The van der Waals surface area contributed by atoms with E-state index < -0.39 is 0 Å². The van der Waals surface area contributed by atoms with E-state index in [0.29, 0.717) is 12.1 Å². The predicted octanol–water partition coefficient (Wildman–Crippen LogP) is 1.93. The van der Waals surface area contributed by atoms with Gasteiger partial charge in [-0.15, -0.1) is 0 Å². The van der Waals surface area contributed by atoms with Crippen LogP contribution in [0.4, 0.5) is 0 Å². The van der Waals surface area contributed by atoms with E-state index in [0.717, 1.165) is 16.5 Å². The van der Waals surface area contributed by atoms with E-state index in [9.17, 15) is 4.79 Å². The first-order valence-electron chi connectivity index (χ1n) is 5.32. The second-order valence-electron chi connectivity index (χ2n) is 3.64. The number of fused-ring (bicyclic) bond motifs is 1. The number of benzene rings is 1. The smallest absolute Gasteiger partial charge is 0.340 e. The number of carbonyl (C=O) groups excluding carboxylic acids is 1. The molecule has 0 amide bonds. The number of rotatable bonds is 3. The first-order valence-corrected chi connectivity index (χ1v) is 5.32. The van der Waals surface area contributed by atoms with E-state index in [4.69, 9.17) is 10.5 Å². The average molecular weight is 230 g/mol. The number of aromatic amines is 1. The zero-order chi connectivity index (χ0) is 12.3. The van der Waals surface area contributed by atoms with E-state index in [1.165, 1.54) is 7.11 Å². The molecule has 0 fully saturated rings. The SMILES string of the molecule is COC(=O)c1c[nH]c2ccc(C=CCN)cc12. The van der Waals surface area contributed by atoms with Gasteiger partial charge in [0.05, 0.1) is 12.7 Å². The molecule has 0 saturated carbocycles. The molecule has 3 N–H and O–H groups in total. The second-order valence-corrected chi connectivity index (χ2v) is 3.64. The fourth-order valence-corrected chi connectivity index (χ4v) is 1.72. The van der Waals surface area contributed by atoms with Crippen LogP contribution in [0.15, 0.2) is 30.5 Å². The van der Waals surface area contributed by atoms with Crippen molar-refractivity contribution in [1.82, 2.24) is 4.98 Å². The number of esters is 1. The van der Waals surface area contributed by atoms with E-state index in [2.05, 4.69) is 4.98 Å². The molecule has 4 nitrogen and oxygen atoms in total. The Morgan fingerprint density at radius 3 is 3.06 bits per heavy atom. The standard InChI is InChI=1S/C13H14N2O2/c1-17-13(16)11-8-15-12-5-4-9(3-2-6-14)7-10(11)12/h2-5,7-8,15H,6,14H2,1H3. The summed E-state index contributed by atoms with van der Waals surface area (Å²) in [6.07, 6.45) is 5.45. The minimum Gasteiger partial charge on any atom is -0.465 e. The number of hydrogen-bond acceptors (Lipinski definition) is 3. The minimum atomic E-state index is -0.337. The Morgan fingerprint density at radius 2 is 2.35 bits per heavy atom. The second kappa shape index (κ2) is 4.84. The fraction of sp³-hybridized carbons (Fsp3) is 0.154. The first kappa shape index (κ1) is 11.4. The number of aromatic nitrogens is 1. The summed E-state index contributed by atoms with van der Waals surface area (Å²) in [5.41, 5.74) is 7.87. The molecule has 0 aliphatic rings. The topological polar surface area (TPSA) is 68.1 Å². The van der Waals surface area contributed by atoms with Crippen LogP contribution in [0.2, 0.25) is 0 Å². The monoisotopic (exact) mass is 230 g/mol. The fourth-order valence-electron chi connectivity index (χ4n) is 1.72. The molecule has 1 heterocycles. The predicted molar refractivity (Wildman–Crippen MR) is 67.7 cm³/mol.